The fourth-order valence-corrected chi connectivity index (χ4v) is 2.19. The lowest BCUT2D eigenvalue weighted by atomic mass is 10.2. The third-order valence-electron chi connectivity index (χ3n) is 3.30. The summed E-state index contributed by atoms with van der Waals surface area (Å²) in [6, 6.07) is 0.506. The minimum absolute atomic E-state index is 0.226. The Kier molecular flexibility index (Phi) is 6.22. The maximum absolute atomic E-state index is 11.3. The Bertz CT molecular complexity index is 276. The van der Waals surface area contributed by atoms with Gasteiger partial charge in [-0.15, -0.1) is 0 Å². The first-order valence-electron chi connectivity index (χ1n) is 6.24. The van der Waals surface area contributed by atoms with Gasteiger partial charge in [0.15, 0.2) is 0 Å². The molecular formula is C13H23NO3. The van der Waals surface area contributed by atoms with Crippen LogP contribution in [0.4, 0.5) is 0 Å². The van der Waals surface area contributed by atoms with Crippen molar-refractivity contribution >= 4 is 5.97 Å². The number of carbonyl (C=O) groups is 1. The van der Waals surface area contributed by atoms with Crippen LogP contribution in [0.15, 0.2) is 11.6 Å². The number of esters is 1. The number of hydrogen-bond donors (Lipinski definition) is 1. The molecule has 0 heterocycles. The van der Waals surface area contributed by atoms with E-state index in [1.807, 2.05) is 13.0 Å². The van der Waals surface area contributed by atoms with Crippen molar-refractivity contribution in [3.05, 3.63) is 11.6 Å². The maximum atomic E-state index is 11.3. The van der Waals surface area contributed by atoms with Crippen molar-refractivity contribution in [1.29, 1.82) is 0 Å². The van der Waals surface area contributed by atoms with Gasteiger partial charge < -0.3 is 14.8 Å². The Morgan fingerprint density at radius 2 is 2.18 bits per heavy atom. The molecule has 0 saturated heterocycles. The van der Waals surface area contributed by atoms with Gasteiger partial charge in [0.2, 0.25) is 0 Å². The summed E-state index contributed by atoms with van der Waals surface area (Å²) < 4.78 is 10.0. The fraction of sp³-hybridized carbons (Fsp3) is 0.769. The lowest BCUT2D eigenvalue weighted by molar-refractivity contribution is -0.136. The molecule has 0 aromatic carbocycles. The van der Waals surface area contributed by atoms with E-state index in [-0.39, 0.29) is 5.97 Å². The zero-order chi connectivity index (χ0) is 12.7. The molecule has 1 saturated carbocycles. The zero-order valence-corrected chi connectivity index (χ0v) is 11.0. The van der Waals surface area contributed by atoms with E-state index in [0.29, 0.717) is 18.6 Å². The van der Waals surface area contributed by atoms with E-state index in [2.05, 4.69) is 5.32 Å². The molecule has 1 rings (SSSR count). The maximum Gasteiger partial charge on any atom is 0.333 e. The van der Waals surface area contributed by atoms with Crippen LogP contribution in [0.5, 0.6) is 0 Å². The van der Waals surface area contributed by atoms with Crippen molar-refractivity contribution in [3.63, 3.8) is 0 Å². The van der Waals surface area contributed by atoms with E-state index in [1.165, 1.54) is 7.11 Å². The van der Waals surface area contributed by atoms with E-state index in [4.69, 9.17) is 9.47 Å². The molecule has 1 aliphatic carbocycles. The highest BCUT2D eigenvalue weighted by Gasteiger charge is 2.23. The SMILES string of the molecule is CCC(=CCNC1CCC(OC)C1)C(=O)OC. The summed E-state index contributed by atoms with van der Waals surface area (Å²) in [5, 5.41) is 3.43. The average molecular weight is 241 g/mol. The fourth-order valence-electron chi connectivity index (χ4n) is 2.19. The molecular weight excluding hydrogens is 218 g/mol. The first kappa shape index (κ1) is 14.2. The molecule has 2 unspecified atom stereocenters. The second-order valence-corrected chi connectivity index (χ2v) is 4.35. The van der Waals surface area contributed by atoms with Gasteiger partial charge in [0.25, 0.3) is 0 Å². The highest BCUT2D eigenvalue weighted by atomic mass is 16.5. The van der Waals surface area contributed by atoms with Gasteiger partial charge in [-0.1, -0.05) is 13.0 Å². The summed E-state index contributed by atoms with van der Waals surface area (Å²) in [7, 11) is 3.18. The third kappa shape index (κ3) is 4.48. The molecule has 0 radical (unpaired) electrons. The summed E-state index contributed by atoms with van der Waals surface area (Å²) in [6.07, 6.45) is 6.35. The van der Waals surface area contributed by atoms with Crippen molar-refractivity contribution in [2.24, 2.45) is 0 Å². The van der Waals surface area contributed by atoms with Crippen molar-refractivity contribution in [3.8, 4) is 0 Å². The van der Waals surface area contributed by atoms with Gasteiger partial charge in [0.1, 0.15) is 0 Å². The van der Waals surface area contributed by atoms with Crippen LogP contribution in [0.25, 0.3) is 0 Å². The molecule has 0 bridgehead atoms. The molecule has 1 N–H and O–H groups in total. The van der Waals surface area contributed by atoms with E-state index in [9.17, 15) is 4.79 Å². The summed E-state index contributed by atoms with van der Waals surface area (Å²) >= 11 is 0. The molecule has 17 heavy (non-hydrogen) atoms. The molecule has 1 aliphatic rings. The predicted molar refractivity (Wildman–Crippen MR) is 66.8 cm³/mol. The monoisotopic (exact) mass is 241 g/mol. The Morgan fingerprint density at radius 3 is 2.71 bits per heavy atom. The molecule has 0 aliphatic heterocycles. The second kappa shape index (κ2) is 7.45. The van der Waals surface area contributed by atoms with Gasteiger partial charge in [-0.05, 0) is 25.7 Å². The normalized spacial score (nSPS) is 25.0. The van der Waals surface area contributed by atoms with Gasteiger partial charge in [0, 0.05) is 25.3 Å². The smallest absolute Gasteiger partial charge is 0.333 e. The Labute approximate surface area is 103 Å². The topological polar surface area (TPSA) is 47.6 Å². The summed E-state index contributed by atoms with van der Waals surface area (Å²) in [5.74, 6) is -0.226. The molecule has 0 aromatic heterocycles. The number of ether oxygens (including phenoxy) is 2. The first-order valence-corrected chi connectivity index (χ1v) is 6.24. The van der Waals surface area contributed by atoms with Crippen molar-refractivity contribution in [2.75, 3.05) is 20.8 Å². The highest BCUT2D eigenvalue weighted by Crippen LogP contribution is 2.21. The first-order chi connectivity index (χ1) is 8.21. The number of carbonyl (C=O) groups excluding carboxylic acids is 1. The summed E-state index contributed by atoms with van der Waals surface area (Å²) in [4.78, 5) is 11.3. The van der Waals surface area contributed by atoms with Crippen LogP contribution < -0.4 is 5.32 Å². The molecule has 1 fully saturated rings. The minimum atomic E-state index is -0.226. The molecule has 98 valence electrons. The van der Waals surface area contributed by atoms with Crippen LogP contribution in [-0.2, 0) is 14.3 Å². The quantitative estimate of drug-likeness (QED) is 0.567. The van der Waals surface area contributed by atoms with Crippen LogP contribution in [0.3, 0.4) is 0 Å². The third-order valence-corrected chi connectivity index (χ3v) is 3.30. The summed E-state index contributed by atoms with van der Waals surface area (Å²) in [5.41, 5.74) is 0.737. The van der Waals surface area contributed by atoms with Crippen molar-refractivity contribution < 1.29 is 14.3 Å². The largest absolute Gasteiger partial charge is 0.466 e. The number of rotatable bonds is 6. The van der Waals surface area contributed by atoms with Crippen molar-refractivity contribution in [2.45, 2.75) is 44.8 Å². The Morgan fingerprint density at radius 1 is 1.41 bits per heavy atom. The number of hydrogen-bond acceptors (Lipinski definition) is 4. The second-order valence-electron chi connectivity index (χ2n) is 4.35. The highest BCUT2D eigenvalue weighted by molar-refractivity contribution is 5.88. The molecule has 0 amide bonds. The van der Waals surface area contributed by atoms with Gasteiger partial charge in [-0.25, -0.2) is 4.79 Å². The van der Waals surface area contributed by atoms with Gasteiger partial charge in [0.05, 0.1) is 13.2 Å². The van der Waals surface area contributed by atoms with Crippen LogP contribution >= 0.6 is 0 Å². The van der Waals surface area contributed by atoms with Crippen LogP contribution in [0.1, 0.15) is 32.6 Å². The van der Waals surface area contributed by atoms with E-state index < -0.39 is 0 Å². The van der Waals surface area contributed by atoms with Gasteiger partial charge in [-0.2, -0.15) is 0 Å². The van der Waals surface area contributed by atoms with E-state index in [1.54, 1.807) is 7.11 Å². The predicted octanol–water partition coefficient (Wildman–Crippen LogP) is 1.65. The zero-order valence-electron chi connectivity index (χ0n) is 11.0. The lowest BCUT2D eigenvalue weighted by Gasteiger charge is -2.11. The molecule has 0 aromatic rings. The van der Waals surface area contributed by atoms with E-state index in [0.717, 1.165) is 31.4 Å². The van der Waals surface area contributed by atoms with Crippen LogP contribution in [0, 0.1) is 0 Å². The van der Waals surface area contributed by atoms with Crippen molar-refractivity contribution in [1.82, 2.24) is 5.32 Å². The van der Waals surface area contributed by atoms with Gasteiger partial charge >= 0.3 is 5.97 Å². The lowest BCUT2D eigenvalue weighted by Crippen LogP contribution is -2.27. The number of nitrogens with one attached hydrogen (secondary N) is 1. The Balaban J connectivity index is 2.31. The average Bonchev–Trinajstić information content (AvgIpc) is 2.81. The molecule has 0 spiro atoms. The molecule has 4 heteroatoms. The van der Waals surface area contributed by atoms with Crippen LogP contribution in [-0.4, -0.2) is 38.9 Å². The molecule has 4 nitrogen and oxygen atoms in total. The Hall–Kier alpha value is -0.870. The van der Waals surface area contributed by atoms with Crippen LogP contribution in [0.2, 0.25) is 0 Å². The summed E-state index contributed by atoms with van der Waals surface area (Å²) in [6.45, 7) is 2.68. The molecule has 2 atom stereocenters. The van der Waals surface area contributed by atoms with E-state index >= 15 is 0 Å². The van der Waals surface area contributed by atoms with Gasteiger partial charge in [-0.3, -0.25) is 0 Å². The standard InChI is InChI=1S/C13H23NO3/c1-4-10(13(15)17-3)7-8-14-11-5-6-12(9-11)16-2/h7,11-12,14H,4-6,8-9H2,1-3H3. The number of methoxy groups -OCH3 is 2. The minimum Gasteiger partial charge on any atom is -0.466 e.